The highest BCUT2D eigenvalue weighted by Crippen LogP contribution is 2.55. The van der Waals surface area contributed by atoms with Gasteiger partial charge in [-0.15, -0.1) is 0 Å². The molecule has 0 heteroatoms. The summed E-state index contributed by atoms with van der Waals surface area (Å²) in [6.07, 6.45) is 0. The van der Waals surface area contributed by atoms with E-state index < -0.39 is 0 Å². The summed E-state index contributed by atoms with van der Waals surface area (Å²) in [5.41, 5.74) is 12.4. The van der Waals surface area contributed by atoms with Crippen molar-refractivity contribution in [1.29, 1.82) is 0 Å². The maximum absolute atomic E-state index is 2.52. The fourth-order valence-electron chi connectivity index (χ4n) is 10.6. The van der Waals surface area contributed by atoms with Crippen molar-refractivity contribution in [3.8, 4) is 55.6 Å². The molecule has 0 saturated heterocycles. The van der Waals surface area contributed by atoms with E-state index in [0.29, 0.717) is 0 Å². The lowest BCUT2D eigenvalue weighted by Crippen LogP contribution is -1.91. The molecule has 0 spiro atoms. The van der Waals surface area contributed by atoms with E-state index in [9.17, 15) is 0 Å². The number of hydrogen-bond donors (Lipinski definition) is 0. The molecule has 0 heterocycles. The van der Waals surface area contributed by atoms with Crippen molar-refractivity contribution in [2.45, 2.75) is 0 Å². The average molecular weight is 757 g/mol. The third kappa shape index (κ3) is 4.73. The van der Waals surface area contributed by atoms with Crippen molar-refractivity contribution in [2.75, 3.05) is 0 Å². The monoisotopic (exact) mass is 756 g/mol. The molecule has 13 aromatic rings. The molecule has 0 aliphatic heterocycles. The zero-order valence-corrected chi connectivity index (χ0v) is 32.8. The molecule has 0 radical (unpaired) electrons. The first-order valence-corrected chi connectivity index (χ1v) is 20.9. The van der Waals surface area contributed by atoms with Crippen LogP contribution in [0.5, 0.6) is 0 Å². The van der Waals surface area contributed by atoms with Crippen LogP contribution < -0.4 is 0 Å². The first-order valence-electron chi connectivity index (χ1n) is 20.9. The Bertz CT molecular complexity index is 3710. The number of rotatable bonds is 5. The van der Waals surface area contributed by atoms with Crippen molar-refractivity contribution in [3.63, 3.8) is 0 Å². The van der Waals surface area contributed by atoms with Gasteiger partial charge in [0, 0.05) is 0 Å². The smallest absolute Gasteiger partial charge is 0.000719 e. The normalized spacial score (nSPS) is 12.0. The van der Waals surface area contributed by atoms with E-state index in [1.54, 1.807) is 0 Å². The summed E-state index contributed by atoms with van der Waals surface area (Å²) in [7, 11) is 0. The Balaban J connectivity index is 1.22. The Morgan fingerprint density at radius 1 is 0.167 bits per heavy atom. The highest BCUT2D eigenvalue weighted by molar-refractivity contribution is 6.45. The molecule has 0 amide bonds. The first kappa shape index (κ1) is 33.2. The van der Waals surface area contributed by atoms with Crippen molar-refractivity contribution in [3.05, 3.63) is 218 Å². The molecule has 0 aromatic heterocycles. The van der Waals surface area contributed by atoms with E-state index in [-0.39, 0.29) is 0 Å². The van der Waals surface area contributed by atoms with Gasteiger partial charge in [-0.2, -0.15) is 0 Å². The summed E-state index contributed by atoms with van der Waals surface area (Å²) in [5.74, 6) is 0. The molecule has 0 aliphatic rings. The van der Waals surface area contributed by atoms with Crippen LogP contribution >= 0.6 is 0 Å². The van der Waals surface area contributed by atoms with Crippen LogP contribution in [0.4, 0.5) is 0 Å². The standard InChI is InChI=1S/C60H36/c1-5-17-37(18-6-1)41-33-42(38-19-7-2-8-20-38)35-43(34-41)44-31-32-51-56-47(44)27-15-30-50(56)59-54(39-21-9-3-10-22-39)53-36-52-46-26-14-13-25-45(46)48-28-16-29-49(57(48)52)58(53)55(60(51)59)40-23-11-4-12-24-40/h1-36H. The second kappa shape index (κ2) is 12.9. The second-order valence-corrected chi connectivity index (χ2v) is 16.3. The molecule has 13 rings (SSSR count). The number of hydrogen-bond acceptors (Lipinski definition) is 0. The van der Waals surface area contributed by atoms with Gasteiger partial charge in [-0.05, 0) is 155 Å². The fraction of sp³-hybridized carbons (Fsp3) is 0. The Morgan fingerprint density at radius 3 is 1.20 bits per heavy atom. The molecule has 60 heavy (non-hydrogen) atoms. The minimum atomic E-state index is 1.21. The predicted molar refractivity (Wildman–Crippen MR) is 259 cm³/mol. The van der Waals surface area contributed by atoms with Gasteiger partial charge in [-0.25, -0.2) is 0 Å². The Morgan fingerprint density at radius 2 is 0.583 bits per heavy atom. The summed E-state index contributed by atoms with van der Waals surface area (Å²) < 4.78 is 0. The van der Waals surface area contributed by atoms with Crippen LogP contribution in [-0.2, 0) is 0 Å². The molecule has 0 aliphatic carbocycles. The van der Waals surface area contributed by atoms with Gasteiger partial charge in [0.05, 0.1) is 0 Å². The maximum atomic E-state index is 2.52. The van der Waals surface area contributed by atoms with Crippen LogP contribution in [0.3, 0.4) is 0 Å². The quantitative estimate of drug-likeness (QED) is 0.153. The Hall–Kier alpha value is -7.80. The third-order valence-electron chi connectivity index (χ3n) is 13.1. The number of fused-ring (bicyclic) bond motifs is 8. The Kier molecular flexibility index (Phi) is 7.11. The minimum Gasteiger partial charge on any atom is -0.0622 e. The molecule has 276 valence electrons. The zero-order chi connectivity index (χ0) is 39.3. The van der Waals surface area contributed by atoms with Crippen molar-refractivity contribution in [2.24, 2.45) is 0 Å². The molecular formula is C60H36. The molecule has 0 saturated carbocycles. The van der Waals surface area contributed by atoms with E-state index in [0.717, 1.165) is 0 Å². The van der Waals surface area contributed by atoms with Gasteiger partial charge in [0.1, 0.15) is 0 Å². The van der Waals surface area contributed by atoms with Crippen molar-refractivity contribution < 1.29 is 0 Å². The fourth-order valence-corrected chi connectivity index (χ4v) is 10.6. The highest BCUT2D eigenvalue weighted by atomic mass is 14.3. The summed E-state index contributed by atoms with van der Waals surface area (Å²) in [5, 5.41) is 18.4. The van der Waals surface area contributed by atoms with Crippen LogP contribution in [0.2, 0.25) is 0 Å². The van der Waals surface area contributed by atoms with E-state index in [1.165, 1.54) is 131 Å². The maximum Gasteiger partial charge on any atom is -0.000719 e. The van der Waals surface area contributed by atoms with Gasteiger partial charge in [-0.1, -0.05) is 194 Å². The lowest BCUT2D eigenvalue weighted by atomic mass is 9.84. The summed E-state index contributed by atoms with van der Waals surface area (Å²) >= 11 is 0. The summed E-state index contributed by atoms with van der Waals surface area (Å²) in [6, 6.07) is 81.2. The van der Waals surface area contributed by atoms with Gasteiger partial charge in [0.2, 0.25) is 0 Å². The Labute approximate surface area is 347 Å². The van der Waals surface area contributed by atoms with E-state index in [2.05, 4.69) is 218 Å². The molecule has 0 unspecified atom stereocenters. The largest absolute Gasteiger partial charge is 0.0622 e. The number of benzene rings is 11. The molecule has 13 aromatic carbocycles. The van der Waals surface area contributed by atoms with Crippen LogP contribution in [0.1, 0.15) is 0 Å². The minimum absolute atomic E-state index is 1.21. The summed E-state index contributed by atoms with van der Waals surface area (Å²) in [6.45, 7) is 0. The molecule has 0 N–H and O–H groups in total. The highest BCUT2D eigenvalue weighted by Gasteiger charge is 2.27. The second-order valence-electron chi connectivity index (χ2n) is 16.3. The van der Waals surface area contributed by atoms with E-state index in [4.69, 9.17) is 0 Å². The van der Waals surface area contributed by atoms with Crippen LogP contribution in [0.15, 0.2) is 218 Å². The predicted octanol–water partition coefficient (Wildman–Crippen LogP) is 17.0. The zero-order valence-electron chi connectivity index (χ0n) is 32.8. The lowest BCUT2D eigenvalue weighted by Gasteiger charge is -2.19. The van der Waals surface area contributed by atoms with Gasteiger partial charge in [0.15, 0.2) is 0 Å². The summed E-state index contributed by atoms with van der Waals surface area (Å²) in [4.78, 5) is 0. The van der Waals surface area contributed by atoms with Crippen molar-refractivity contribution in [1.82, 2.24) is 0 Å². The van der Waals surface area contributed by atoms with E-state index in [1.807, 2.05) is 0 Å². The average Bonchev–Trinajstić information content (AvgIpc) is 3.83. The topological polar surface area (TPSA) is 0 Å². The van der Waals surface area contributed by atoms with Crippen LogP contribution in [0, 0.1) is 0 Å². The third-order valence-corrected chi connectivity index (χ3v) is 13.1. The van der Waals surface area contributed by atoms with Crippen LogP contribution in [-0.4, -0.2) is 0 Å². The van der Waals surface area contributed by atoms with Gasteiger partial charge in [0.25, 0.3) is 0 Å². The molecule has 0 fully saturated rings. The molecule has 0 bridgehead atoms. The molecular weight excluding hydrogens is 721 g/mol. The van der Waals surface area contributed by atoms with Gasteiger partial charge < -0.3 is 0 Å². The van der Waals surface area contributed by atoms with Crippen molar-refractivity contribution >= 4 is 75.4 Å². The lowest BCUT2D eigenvalue weighted by molar-refractivity contribution is 1.58. The SMILES string of the molecule is c1ccc(-c2cc(-c3ccccc3)cc(-c3ccc4c5c(-c6ccccc6)c6c(cc7c8ccccc8c8cccc6c87)c(-c6ccccc6)c5c5cccc3c54)c2)cc1. The van der Waals surface area contributed by atoms with Gasteiger partial charge in [-0.3, -0.25) is 0 Å². The molecule has 0 atom stereocenters. The van der Waals surface area contributed by atoms with Crippen LogP contribution in [0.25, 0.3) is 131 Å². The van der Waals surface area contributed by atoms with Gasteiger partial charge >= 0.3 is 0 Å². The van der Waals surface area contributed by atoms with E-state index >= 15 is 0 Å². The first-order chi connectivity index (χ1) is 29.8. The molecule has 0 nitrogen and oxygen atoms in total.